The lowest BCUT2D eigenvalue weighted by molar-refractivity contribution is 0.241. The Labute approximate surface area is 165 Å². The van der Waals surface area contributed by atoms with E-state index in [0.29, 0.717) is 41.3 Å². The number of rotatable bonds is 7. The van der Waals surface area contributed by atoms with Gasteiger partial charge in [-0.2, -0.15) is 5.10 Å². The van der Waals surface area contributed by atoms with Crippen LogP contribution in [0.4, 0.5) is 10.6 Å². The number of nitrogens with one attached hydrogen (secondary N) is 3. The van der Waals surface area contributed by atoms with E-state index in [1.54, 1.807) is 29.3 Å². The van der Waals surface area contributed by atoms with Gasteiger partial charge in [-0.1, -0.05) is 29.3 Å². The van der Waals surface area contributed by atoms with E-state index >= 15 is 0 Å². The first kappa shape index (κ1) is 18.9. The molecule has 8 nitrogen and oxygen atoms in total. The van der Waals surface area contributed by atoms with E-state index in [4.69, 9.17) is 23.2 Å². The fourth-order valence-electron chi connectivity index (χ4n) is 2.31. The van der Waals surface area contributed by atoms with Crippen molar-refractivity contribution in [1.82, 2.24) is 30.4 Å². The molecule has 2 amide bonds. The van der Waals surface area contributed by atoms with Gasteiger partial charge in [0.05, 0.1) is 10.0 Å². The SMILES string of the molecule is O=C(NCCNc1ncc(Cl)cc1Cl)NCc1cccnc1-n1cccn1. The van der Waals surface area contributed by atoms with Crippen molar-refractivity contribution in [2.24, 2.45) is 0 Å². The zero-order valence-corrected chi connectivity index (χ0v) is 15.7. The highest BCUT2D eigenvalue weighted by molar-refractivity contribution is 6.35. The maximum absolute atomic E-state index is 12.0. The maximum atomic E-state index is 12.0. The van der Waals surface area contributed by atoms with Crippen molar-refractivity contribution < 1.29 is 4.79 Å². The molecule has 0 spiro atoms. The van der Waals surface area contributed by atoms with Gasteiger partial charge >= 0.3 is 6.03 Å². The molecule has 3 N–H and O–H groups in total. The second-order valence-corrected chi connectivity index (χ2v) is 6.30. The number of pyridine rings is 2. The molecule has 3 aromatic rings. The van der Waals surface area contributed by atoms with Crippen LogP contribution in [0.3, 0.4) is 0 Å². The zero-order valence-electron chi connectivity index (χ0n) is 14.2. The number of hydrogen-bond acceptors (Lipinski definition) is 5. The minimum atomic E-state index is -0.290. The number of hydrogen-bond donors (Lipinski definition) is 3. The fourth-order valence-corrected chi connectivity index (χ4v) is 2.76. The van der Waals surface area contributed by atoms with E-state index in [2.05, 4.69) is 31.0 Å². The Balaban J connectivity index is 1.44. The minimum absolute atomic E-state index is 0.290. The summed E-state index contributed by atoms with van der Waals surface area (Å²) < 4.78 is 1.65. The molecule has 27 heavy (non-hydrogen) atoms. The van der Waals surface area contributed by atoms with Gasteiger partial charge in [-0.3, -0.25) is 0 Å². The summed E-state index contributed by atoms with van der Waals surface area (Å²) in [5, 5.41) is 13.6. The van der Waals surface area contributed by atoms with Crippen LogP contribution in [-0.2, 0) is 6.54 Å². The number of amides is 2. The molecule has 0 aliphatic heterocycles. The molecule has 0 fully saturated rings. The standard InChI is InChI=1S/C17H17Cl2N7O/c18-13-9-14(19)15(23-11-13)20-6-7-22-17(27)24-10-12-3-1-4-21-16(12)26-8-2-5-25-26/h1-5,8-9,11H,6-7,10H2,(H,20,23)(H2,22,24,27). The first-order chi connectivity index (χ1) is 13.1. The quantitative estimate of drug-likeness (QED) is 0.525. The van der Waals surface area contributed by atoms with Crippen molar-refractivity contribution >= 4 is 35.1 Å². The molecule has 0 unspecified atom stereocenters. The predicted octanol–water partition coefficient (Wildman–Crippen LogP) is 2.88. The van der Waals surface area contributed by atoms with Crippen LogP contribution in [0.2, 0.25) is 10.0 Å². The zero-order chi connectivity index (χ0) is 19.1. The minimum Gasteiger partial charge on any atom is -0.367 e. The van der Waals surface area contributed by atoms with Crippen molar-refractivity contribution in [1.29, 1.82) is 0 Å². The third-order valence-electron chi connectivity index (χ3n) is 3.54. The Morgan fingerprint density at radius 1 is 1.11 bits per heavy atom. The van der Waals surface area contributed by atoms with Crippen LogP contribution in [0, 0.1) is 0 Å². The number of anilines is 1. The number of carbonyl (C=O) groups excluding carboxylic acids is 1. The summed E-state index contributed by atoms with van der Waals surface area (Å²) in [7, 11) is 0. The highest BCUT2D eigenvalue weighted by Gasteiger charge is 2.08. The number of urea groups is 1. The van der Waals surface area contributed by atoms with E-state index in [1.807, 2.05) is 18.2 Å². The summed E-state index contributed by atoms with van der Waals surface area (Å²) in [6.07, 6.45) is 6.66. The summed E-state index contributed by atoms with van der Waals surface area (Å²) in [6.45, 7) is 1.19. The third kappa shape index (κ3) is 5.32. The number of halogens is 2. The van der Waals surface area contributed by atoms with Gasteiger partial charge in [0.2, 0.25) is 0 Å². The first-order valence-corrected chi connectivity index (χ1v) is 8.89. The molecule has 0 bridgehead atoms. The van der Waals surface area contributed by atoms with E-state index in [9.17, 15) is 4.79 Å². The Bertz CT molecular complexity index is 902. The lowest BCUT2D eigenvalue weighted by atomic mass is 10.2. The third-order valence-corrected chi connectivity index (χ3v) is 4.03. The highest BCUT2D eigenvalue weighted by atomic mass is 35.5. The van der Waals surface area contributed by atoms with E-state index < -0.39 is 0 Å². The van der Waals surface area contributed by atoms with E-state index in [1.165, 1.54) is 6.20 Å². The van der Waals surface area contributed by atoms with Crippen molar-refractivity contribution in [2.45, 2.75) is 6.54 Å². The molecule has 3 heterocycles. The normalized spacial score (nSPS) is 10.4. The molecule has 0 aliphatic rings. The molecule has 0 aliphatic carbocycles. The topological polar surface area (TPSA) is 96.8 Å². The lowest BCUT2D eigenvalue weighted by Crippen LogP contribution is -2.37. The first-order valence-electron chi connectivity index (χ1n) is 8.14. The molecular formula is C17H17Cl2N7O. The molecule has 10 heteroatoms. The Morgan fingerprint density at radius 3 is 2.78 bits per heavy atom. The number of nitrogens with zero attached hydrogens (tertiary/aromatic N) is 4. The summed E-state index contributed by atoms with van der Waals surface area (Å²) >= 11 is 11.8. The second kappa shape index (κ2) is 9.20. The van der Waals surface area contributed by atoms with Crippen molar-refractivity contribution in [3.8, 4) is 5.82 Å². The molecule has 0 aromatic carbocycles. The van der Waals surface area contributed by atoms with Gasteiger partial charge in [-0.15, -0.1) is 0 Å². The molecular weight excluding hydrogens is 389 g/mol. The van der Waals surface area contributed by atoms with Gasteiger partial charge in [0.1, 0.15) is 5.82 Å². The van der Waals surface area contributed by atoms with Gasteiger partial charge in [-0.05, 0) is 18.2 Å². The fraction of sp³-hybridized carbons (Fsp3) is 0.176. The molecule has 0 atom stereocenters. The van der Waals surface area contributed by atoms with Crippen LogP contribution in [0.25, 0.3) is 5.82 Å². The van der Waals surface area contributed by atoms with Crippen molar-refractivity contribution in [2.75, 3.05) is 18.4 Å². The van der Waals surface area contributed by atoms with Crippen LogP contribution in [-0.4, -0.2) is 38.9 Å². The Morgan fingerprint density at radius 2 is 2.00 bits per heavy atom. The maximum Gasteiger partial charge on any atom is 0.315 e. The molecule has 0 saturated heterocycles. The Kier molecular flexibility index (Phi) is 6.45. The van der Waals surface area contributed by atoms with Gasteiger partial charge in [0.15, 0.2) is 5.82 Å². The van der Waals surface area contributed by atoms with Crippen molar-refractivity contribution in [3.63, 3.8) is 0 Å². The van der Waals surface area contributed by atoms with Crippen molar-refractivity contribution in [3.05, 3.63) is 64.7 Å². The van der Waals surface area contributed by atoms with Crippen LogP contribution < -0.4 is 16.0 Å². The monoisotopic (exact) mass is 405 g/mol. The summed E-state index contributed by atoms with van der Waals surface area (Å²) in [6, 6.07) is 6.83. The van der Waals surface area contributed by atoms with E-state index in [-0.39, 0.29) is 6.03 Å². The van der Waals surface area contributed by atoms with E-state index in [0.717, 1.165) is 5.56 Å². The second-order valence-electron chi connectivity index (χ2n) is 5.46. The highest BCUT2D eigenvalue weighted by Crippen LogP contribution is 2.21. The van der Waals surface area contributed by atoms with Crippen LogP contribution >= 0.6 is 23.2 Å². The molecule has 3 rings (SSSR count). The lowest BCUT2D eigenvalue weighted by Gasteiger charge is -2.11. The predicted molar refractivity (Wildman–Crippen MR) is 104 cm³/mol. The van der Waals surface area contributed by atoms with Gasteiger partial charge in [0, 0.05) is 50.0 Å². The smallest absolute Gasteiger partial charge is 0.315 e. The van der Waals surface area contributed by atoms with Crippen LogP contribution in [0.1, 0.15) is 5.56 Å². The van der Waals surface area contributed by atoms with Crippen LogP contribution in [0.15, 0.2) is 49.1 Å². The summed E-state index contributed by atoms with van der Waals surface area (Å²) in [5.74, 6) is 1.19. The summed E-state index contributed by atoms with van der Waals surface area (Å²) in [4.78, 5) is 20.4. The number of aromatic nitrogens is 4. The average Bonchev–Trinajstić information content (AvgIpc) is 3.20. The molecule has 0 saturated carbocycles. The van der Waals surface area contributed by atoms with Gasteiger partial charge < -0.3 is 16.0 Å². The molecule has 3 aromatic heterocycles. The average molecular weight is 406 g/mol. The van der Waals surface area contributed by atoms with Crippen LogP contribution in [0.5, 0.6) is 0 Å². The molecule has 0 radical (unpaired) electrons. The summed E-state index contributed by atoms with van der Waals surface area (Å²) in [5.41, 5.74) is 0.853. The van der Waals surface area contributed by atoms with Gasteiger partial charge in [-0.25, -0.2) is 19.4 Å². The van der Waals surface area contributed by atoms with Gasteiger partial charge in [0.25, 0.3) is 0 Å². The largest absolute Gasteiger partial charge is 0.367 e. The molecule has 140 valence electrons. The number of carbonyl (C=O) groups is 1. The Hall–Kier alpha value is -2.84.